The molecule has 0 bridgehead atoms. The lowest BCUT2D eigenvalue weighted by molar-refractivity contribution is -0.117. The summed E-state index contributed by atoms with van der Waals surface area (Å²) in [6.07, 6.45) is 1.78. The second-order valence-corrected chi connectivity index (χ2v) is 7.13. The monoisotopic (exact) mass is 368 g/mol. The van der Waals surface area contributed by atoms with Gasteiger partial charge < -0.3 is 10.1 Å². The maximum absolute atomic E-state index is 12.4. The van der Waals surface area contributed by atoms with E-state index in [9.17, 15) is 4.79 Å². The van der Waals surface area contributed by atoms with Crippen LogP contribution in [-0.2, 0) is 11.3 Å². The molecule has 1 amide bonds. The predicted octanol–water partition coefficient (Wildman–Crippen LogP) is 2.46. The van der Waals surface area contributed by atoms with Crippen LogP contribution in [-0.4, -0.2) is 60.5 Å². The number of carbonyl (C=O) groups excluding carboxylic acids is 1. The van der Waals surface area contributed by atoms with Crippen LogP contribution in [0.4, 0.5) is 5.69 Å². The number of nitrogens with one attached hydrogen (secondary N) is 1. The van der Waals surface area contributed by atoms with Crippen molar-refractivity contribution < 1.29 is 9.53 Å². The van der Waals surface area contributed by atoms with Crippen molar-refractivity contribution in [1.29, 1.82) is 0 Å². The zero-order valence-corrected chi connectivity index (χ0v) is 16.4. The van der Waals surface area contributed by atoms with Gasteiger partial charge in [-0.15, -0.1) is 0 Å². The maximum Gasteiger partial charge on any atom is 0.238 e. The Balaban J connectivity index is 1.46. The molecule has 0 radical (unpaired) electrons. The van der Waals surface area contributed by atoms with Gasteiger partial charge in [-0.2, -0.15) is 0 Å². The van der Waals surface area contributed by atoms with Crippen LogP contribution in [0.2, 0.25) is 0 Å². The van der Waals surface area contributed by atoms with E-state index < -0.39 is 0 Å². The summed E-state index contributed by atoms with van der Waals surface area (Å²) in [4.78, 5) is 21.2. The molecule has 6 heteroatoms. The molecule has 1 aromatic carbocycles. The molecule has 1 saturated heterocycles. The minimum atomic E-state index is 0.0519. The second-order valence-electron chi connectivity index (χ2n) is 7.13. The molecule has 0 unspecified atom stereocenters. The summed E-state index contributed by atoms with van der Waals surface area (Å²) < 4.78 is 5.19. The number of rotatable bonds is 6. The number of aromatic nitrogens is 1. The van der Waals surface area contributed by atoms with Crippen molar-refractivity contribution >= 4 is 11.6 Å². The Hall–Kier alpha value is -2.44. The largest absolute Gasteiger partial charge is 0.481 e. The summed E-state index contributed by atoms with van der Waals surface area (Å²) in [5, 5.41) is 3.05. The fourth-order valence-electron chi connectivity index (χ4n) is 3.29. The van der Waals surface area contributed by atoms with Gasteiger partial charge in [-0.25, -0.2) is 4.98 Å². The zero-order valence-electron chi connectivity index (χ0n) is 16.4. The molecular weight excluding hydrogens is 340 g/mol. The Morgan fingerprint density at radius 1 is 1.11 bits per heavy atom. The number of aryl methyl sites for hydroxylation is 2. The van der Waals surface area contributed by atoms with Crippen LogP contribution in [0, 0.1) is 13.8 Å². The molecular formula is C21H28N4O2. The fourth-order valence-corrected chi connectivity index (χ4v) is 3.29. The molecule has 144 valence electrons. The lowest BCUT2D eigenvalue weighted by atomic mass is 10.1. The first-order chi connectivity index (χ1) is 13.0. The van der Waals surface area contributed by atoms with Gasteiger partial charge in [0.25, 0.3) is 0 Å². The van der Waals surface area contributed by atoms with E-state index in [1.807, 2.05) is 38.1 Å². The number of hydrogen-bond acceptors (Lipinski definition) is 5. The molecule has 27 heavy (non-hydrogen) atoms. The number of pyridine rings is 1. The van der Waals surface area contributed by atoms with Crippen LogP contribution in [0.1, 0.15) is 16.7 Å². The van der Waals surface area contributed by atoms with E-state index >= 15 is 0 Å². The van der Waals surface area contributed by atoms with Gasteiger partial charge in [-0.3, -0.25) is 14.6 Å². The first kappa shape index (κ1) is 19.3. The van der Waals surface area contributed by atoms with Crippen LogP contribution in [0.3, 0.4) is 0 Å². The van der Waals surface area contributed by atoms with Crippen LogP contribution in [0.15, 0.2) is 36.5 Å². The average molecular weight is 368 g/mol. The maximum atomic E-state index is 12.4. The highest BCUT2D eigenvalue weighted by Crippen LogP contribution is 2.17. The smallest absolute Gasteiger partial charge is 0.238 e. The first-order valence-electron chi connectivity index (χ1n) is 9.34. The van der Waals surface area contributed by atoms with E-state index in [1.165, 1.54) is 5.56 Å². The highest BCUT2D eigenvalue weighted by atomic mass is 16.5. The van der Waals surface area contributed by atoms with Crippen molar-refractivity contribution in [3.05, 3.63) is 53.2 Å². The molecule has 0 saturated carbocycles. The Morgan fingerprint density at radius 3 is 2.59 bits per heavy atom. The summed E-state index contributed by atoms with van der Waals surface area (Å²) in [6.45, 7) is 9.04. The number of amides is 1. The fraction of sp³-hybridized carbons (Fsp3) is 0.429. The molecule has 1 fully saturated rings. The van der Waals surface area contributed by atoms with Crippen molar-refractivity contribution in [2.75, 3.05) is 45.2 Å². The molecule has 0 aliphatic carbocycles. The van der Waals surface area contributed by atoms with Gasteiger partial charge in [0.1, 0.15) is 0 Å². The number of methoxy groups -OCH3 is 1. The number of benzene rings is 1. The normalized spacial score (nSPS) is 15.5. The van der Waals surface area contributed by atoms with E-state index in [0.29, 0.717) is 12.4 Å². The van der Waals surface area contributed by atoms with Crippen LogP contribution < -0.4 is 10.1 Å². The molecule has 1 aliphatic rings. The molecule has 1 aliphatic heterocycles. The van der Waals surface area contributed by atoms with Crippen LogP contribution in [0.5, 0.6) is 5.88 Å². The quantitative estimate of drug-likeness (QED) is 0.849. The Morgan fingerprint density at radius 2 is 1.85 bits per heavy atom. The third-order valence-electron chi connectivity index (χ3n) is 4.91. The summed E-state index contributed by atoms with van der Waals surface area (Å²) >= 11 is 0. The summed E-state index contributed by atoms with van der Waals surface area (Å²) in [6, 6.07) is 10.1. The van der Waals surface area contributed by atoms with Crippen molar-refractivity contribution in [2.45, 2.75) is 20.4 Å². The Bertz CT molecular complexity index is 786. The summed E-state index contributed by atoms with van der Waals surface area (Å²) in [7, 11) is 1.63. The molecule has 6 nitrogen and oxygen atoms in total. The standard InChI is InChI=1S/C21H28N4O2/c1-16-4-5-17(2)19(12-16)23-20(26)15-25-10-8-24(9-11-25)14-18-6-7-22-21(13-18)27-3/h4-7,12-13H,8-11,14-15H2,1-3H3,(H,23,26). The van der Waals surface area contributed by atoms with Gasteiger partial charge in [0.05, 0.1) is 13.7 Å². The Labute approximate surface area is 161 Å². The van der Waals surface area contributed by atoms with E-state index in [-0.39, 0.29) is 5.91 Å². The third kappa shape index (κ3) is 5.52. The summed E-state index contributed by atoms with van der Waals surface area (Å²) in [5.74, 6) is 0.699. The van der Waals surface area contributed by atoms with Crippen LogP contribution >= 0.6 is 0 Å². The highest BCUT2D eigenvalue weighted by molar-refractivity contribution is 5.93. The van der Waals surface area contributed by atoms with Gasteiger partial charge in [0.2, 0.25) is 11.8 Å². The van der Waals surface area contributed by atoms with Crippen molar-refractivity contribution in [1.82, 2.24) is 14.8 Å². The van der Waals surface area contributed by atoms with Gasteiger partial charge in [-0.05, 0) is 42.7 Å². The van der Waals surface area contributed by atoms with Gasteiger partial charge >= 0.3 is 0 Å². The minimum absolute atomic E-state index is 0.0519. The van der Waals surface area contributed by atoms with E-state index in [1.54, 1.807) is 13.3 Å². The topological polar surface area (TPSA) is 57.7 Å². The van der Waals surface area contributed by atoms with Crippen molar-refractivity contribution in [3.8, 4) is 5.88 Å². The highest BCUT2D eigenvalue weighted by Gasteiger charge is 2.19. The second kappa shape index (κ2) is 8.97. The van der Waals surface area contributed by atoms with Gasteiger partial charge in [0, 0.05) is 50.7 Å². The van der Waals surface area contributed by atoms with Gasteiger partial charge in [-0.1, -0.05) is 12.1 Å². The lowest BCUT2D eigenvalue weighted by Crippen LogP contribution is -2.48. The van der Waals surface area contributed by atoms with Crippen LogP contribution in [0.25, 0.3) is 0 Å². The van der Waals surface area contributed by atoms with E-state index in [0.717, 1.165) is 49.5 Å². The molecule has 1 N–H and O–H groups in total. The average Bonchev–Trinajstić information content (AvgIpc) is 2.66. The molecule has 0 atom stereocenters. The first-order valence-corrected chi connectivity index (χ1v) is 9.34. The van der Waals surface area contributed by atoms with E-state index in [4.69, 9.17) is 4.74 Å². The Kier molecular flexibility index (Phi) is 6.42. The number of anilines is 1. The minimum Gasteiger partial charge on any atom is -0.481 e. The lowest BCUT2D eigenvalue weighted by Gasteiger charge is -2.34. The number of carbonyl (C=O) groups is 1. The molecule has 3 rings (SSSR count). The number of piperazine rings is 1. The SMILES string of the molecule is COc1cc(CN2CCN(CC(=O)Nc3cc(C)ccc3C)CC2)ccn1. The molecule has 2 aromatic rings. The summed E-state index contributed by atoms with van der Waals surface area (Å²) in [5.41, 5.74) is 4.34. The van der Waals surface area contributed by atoms with Crippen molar-refractivity contribution in [3.63, 3.8) is 0 Å². The number of hydrogen-bond donors (Lipinski definition) is 1. The number of ether oxygens (including phenoxy) is 1. The molecule has 2 heterocycles. The van der Waals surface area contributed by atoms with E-state index in [2.05, 4.69) is 26.2 Å². The molecule has 0 spiro atoms. The molecule has 1 aromatic heterocycles. The predicted molar refractivity (Wildman–Crippen MR) is 107 cm³/mol. The third-order valence-corrected chi connectivity index (χ3v) is 4.91. The number of nitrogens with zero attached hydrogens (tertiary/aromatic N) is 3. The van der Waals surface area contributed by atoms with Crippen molar-refractivity contribution in [2.24, 2.45) is 0 Å². The zero-order chi connectivity index (χ0) is 19.2. The van der Waals surface area contributed by atoms with Gasteiger partial charge in [0.15, 0.2) is 0 Å².